The molecule has 138 valence electrons. The summed E-state index contributed by atoms with van der Waals surface area (Å²) in [6, 6.07) is 14.9. The van der Waals surface area contributed by atoms with Gasteiger partial charge >= 0.3 is 0 Å². The molecule has 0 spiro atoms. The monoisotopic (exact) mass is 371 g/mol. The standard InChI is InChI=1S/C21H17N5O2/c1-12-10-13(2)25-18-11-14(26(27)28)8-9-15(18)19(21(25)22-12)20-23-16-6-4-5-7-17(16)24(20)3/h4-11H,1-3H3. The van der Waals surface area contributed by atoms with Crippen molar-refractivity contribution in [1.29, 1.82) is 0 Å². The molecule has 28 heavy (non-hydrogen) atoms. The molecule has 0 fully saturated rings. The lowest BCUT2D eigenvalue weighted by atomic mass is 10.1. The summed E-state index contributed by atoms with van der Waals surface area (Å²) in [5.74, 6) is 0.792. The van der Waals surface area contributed by atoms with Crippen LogP contribution in [-0.2, 0) is 7.05 Å². The minimum Gasteiger partial charge on any atom is -0.327 e. The van der Waals surface area contributed by atoms with Crippen LogP contribution in [-0.4, -0.2) is 23.9 Å². The van der Waals surface area contributed by atoms with Gasteiger partial charge in [-0.05, 0) is 38.1 Å². The van der Waals surface area contributed by atoms with Crippen molar-refractivity contribution < 1.29 is 4.92 Å². The molecule has 5 rings (SSSR count). The fourth-order valence-corrected chi connectivity index (χ4v) is 4.00. The fourth-order valence-electron chi connectivity index (χ4n) is 4.00. The predicted octanol–water partition coefficient (Wildman–Crippen LogP) is 4.57. The van der Waals surface area contributed by atoms with Gasteiger partial charge in [0.2, 0.25) is 0 Å². The number of para-hydroxylation sites is 2. The van der Waals surface area contributed by atoms with Gasteiger partial charge in [-0.1, -0.05) is 12.1 Å². The highest BCUT2D eigenvalue weighted by Crippen LogP contribution is 2.37. The number of aryl methyl sites for hydroxylation is 3. The number of nitrogens with zero attached hydrogens (tertiary/aromatic N) is 5. The SMILES string of the molecule is Cc1cc(C)n2c(n1)c(-c1nc3ccccc3n1C)c1ccc([N+](=O)[O-])cc12. The summed E-state index contributed by atoms with van der Waals surface area (Å²) in [5.41, 5.74) is 6.25. The molecule has 0 amide bonds. The summed E-state index contributed by atoms with van der Waals surface area (Å²) >= 11 is 0. The minimum atomic E-state index is -0.371. The Morgan fingerprint density at radius 2 is 1.79 bits per heavy atom. The van der Waals surface area contributed by atoms with Crippen molar-refractivity contribution >= 4 is 33.3 Å². The number of hydrogen-bond donors (Lipinski definition) is 0. The normalized spacial score (nSPS) is 11.7. The van der Waals surface area contributed by atoms with Gasteiger partial charge in [0.05, 0.1) is 27.0 Å². The Labute approximate surface area is 160 Å². The van der Waals surface area contributed by atoms with E-state index in [0.29, 0.717) is 0 Å². The van der Waals surface area contributed by atoms with E-state index in [4.69, 9.17) is 9.97 Å². The average molecular weight is 371 g/mol. The lowest BCUT2D eigenvalue weighted by Crippen LogP contribution is -1.98. The van der Waals surface area contributed by atoms with Crippen LogP contribution >= 0.6 is 0 Å². The molecule has 0 atom stereocenters. The van der Waals surface area contributed by atoms with Crippen LogP contribution in [0.2, 0.25) is 0 Å². The summed E-state index contributed by atoms with van der Waals surface area (Å²) in [5, 5.41) is 12.2. The maximum absolute atomic E-state index is 11.3. The van der Waals surface area contributed by atoms with Crippen LogP contribution in [0.4, 0.5) is 5.69 Å². The van der Waals surface area contributed by atoms with Crippen LogP contribution in [0.3, 0.4) is 0 Å². The third-order valence-electron chi connectivity index (χ3n) is 5.20. The summed E-state index contributed by atoms with van der Waals surface area (Å²) in [7, 11) is 1.98. The number of non-ortho nitro benzene ring substituents is 1. The number of aromatic nitrogens is 4. The highest BCUT2D eigenvalue weighted by Gasteiger charge is 2.22. The number of imidazole rings is 1. The molecule has 0 N–H and O–H groups in total. The number of rotatable bonds is 2. The quantitative estimate of drug-likeness (QED) is 0.336. The van der Waals surface area contributed by atoms with Gasteiger partial charge < -0.3 is 4.57 Å². The first-order valence-electron chi connectivity index (χ1n) is 8.94. The molecule has 2 aromatic carbocycles. The Kier molecular flexibility index (Phi) is 3.30. The van der Waals surface area contributed by atoms with Crippen molar-refractivity contribution in [1.82, 2.24) is 18.9 Å². The minimum absolute atomic E-state index is 0.0587. The second-order valence-electron chi connectivity index (χ2n) is 7.01. The van der Waals surface area contributed by atoms with E-state index >= 15 is 0 Å². The number of hydrogen-bond acceptors (Lipinski definition) is 4. The third kappa shape index (κ3) is 2.16. The van der Waals surface area contributed by atoms with Crippen molar-refractivity contribution in [3.8, 4) is 11.4 Å². The Morgan fingerprint density at radius 1 is 1.00 bits per heavy atom. The average Bonchev–Trinajstić information content (AvgIpc) is 3.16. The smallest absolute Gasteiger partial charge is 0.271 e. The Morgan fingerprint density at radius 3 is 2.54 bits per heavy atom. The van der Waals surface area contributed by atoms with E-state index in [1.54, 1.807) is 12.1 Å². The molecule has 0 aliphatic carbocycles. The van der Waals surface area contributed by atoms with Crippen LogP contribution in [0.15, 0.2) is 48.5 Å². The molecular formula is C21H17N5O2. The Bertz CT molecular complexity index is 1430. The van der Waals surface area contributed by atoms with Gasteiger partial charge in [-0.2, -0.15) is 0 Å². The first-order valence-corrected chi connectivity index (χ1v) is 8.94. The van der Waals surface area contributed by atoms with Gasteiger partial charge in [0, 0.05) is 36.0 Å². The van der Waals surface area contributed by atoms with Gasteiger partial charge in [-0.25, -0.2) is 9.97 Å². The van der Waals surface area contributed by atoms with Crippen LogP contribution in [0.5, 0.6) is 0 Å². The van der Waals surface area contributed by atoms with Crippen LogP contribution in [0.1, 0.15) is 11.4 Å². The van der Waals surface area contributed by atoms with Crippen molar-refractivity contribution in [2.45, 2.75) is 13.8 Å². The van der Waals surface area contributed by atoms with Gasteiger partial charge in [-0.3, -0.25) is 14.5 Å². The highest BCUT2D eigenvalue weighted by molar-refractivity contribution is 6.05. The summed E-state index contributed by atoms with van der Waals surface area (Å²) in [6.45, 7) is 3.93. The first kappa shape index (κ1) is 16.4. The zero-order valence-corrected chi connectivity index (χ0v) is 15.7. The molecule has 0 saturated heterocycles. The zero-order valence-electron chi connectivity index (χ0n) is 15.7. The molecule has 5 aromatic rings. The van der Waals surface area contributed by atoms with E-state index in [0.717, 1.165) is 50.4 Å². The molecule has 0 aliphatic heterocycles. The summed E-state index contributed by atoms with van der Waals surface area (Å²) < 4.78 is 4.02. The first-order chi connectivity index (χ1) is 13.5. The van der Waals surface area contributed by atoms with Crippen LogP contribution in [0.25, 0.3) is 39.0 Å². The number of nitro benzene ring substituents is 1. The van der Waals surface area contributed by atoms with E-state index in [9.17, 15) is 10.1 Å². The van der Waals surface area contributed by atoms with Crippen molar-refractivity contribution in [2.24, 2.45) is 7.05 Å². The zero-order chi connectivity index (χ0) is 19.6. The Hall–Kier alpha value is -3.74. The summed E-state index contributed by atoms with van der Waals surface area (Å²) in [6.07, 6.45) is 0. The van der Waals surface area contributed by atoms with Gasteiger partial charge in [-0.15, -0.1) is 0 Å². The van der Waals surface area contributed by atoms with Crippen LogP contribution in [0, 0.1) is 24.0 Å². The van der Waals surface area contributed by atoms with E-state index < -0.39 is 0 Å². The molecule has 0 aliphatic rings. The molecular weight excluding hydrogens is 354 g/mol. The number of fused-ring (bicyclic) bond motifs is 4. The van der Waals surface area contributed by atoms with E-state index in [-0.39, 0.29) is 10.6 Å². The summed E-state index contributed by atoms with van der Waals surface area (Å²) in [4.78, 5) is 20.6. The number of nitro groups is 1. The lowest BCUT2D eigenvalue weighted by molar-refractivity contribution is -0.384. The van der Waals surface area contributed by atoms with E-state index in [1.807, 2.05) is 60.2 Å². The molecule has 7 heteroatoms. The lowest BCUT2D eigenvalue weighted by Gasteiger charge is -2.05. The molecule has 3 aromatic heterocycles. The molecule has 7 nitrogen and oxygen atoms in total. The molecule has 0 bridgehead atoms. The molecule has 0 saturated carbocycles. The van der Waals surface area contributed by atoms with E-state index in [2.05, 4.69) is 0 Å². The second-order valence-corrected chi connectivity index (χ2v) is 7.01. The van der Waals surface area contributed by atoms with Gasteiger partial charge in [0.1, 0.15) is 11.5 Å². The fraction of sp³-hybridized carbons (Fsp3) is 0.143. The van der Waals surface area contributed by atoms with Crippen molar-refractivity contribution in [2.75, 3.05) is 0 Å². The molecule has 0 unspecified atom stereocenters. The maximum Gasteiger partial charge on any atom is 0.271 e. The highest BCUT2D eigenvalue weighted by atomic mass is 16.6. The topological polar surface area (TPSA) is 78.3 Å². The van der Waals surface area contributed by atoms with Gasteiger partial charge in [0.15, 0.2) is 0 Å². The third-order valence-corrected chi connectivity index (χ3v) is 5.20. The predicted molar refractivity (Wildman–Crippen MR) is 109 cm³/mol. The van der Waals surface area contributed by atoms with Gasteiger partial charge in [0.25, 0.3) is 5.69 Å². The number of benzene rings is 2. The maximum atomic E-state index is 11.3. The largest absolute Gasteiger partial charge is 0.327 e. The Balaban J connectivity index is 1.99. The van der Waals surface area contributed by atoms with Crippen LogP contribution < -0.4 is 0 Å². The van der Waals surface area contributed by atoms with Crippen molar-refractivity contribution in [3.05, 3.63) is 70.0 Å². The second kappa shape index (κ2) is 5.63. The van der Waals surface area contributed by atoms with E-state index in [1.165, 1.54) is 6.07 Å². The molecule has 3 heterocycles. The van der Waals surface area contributed by atoms with Crippen molar-refractivity contribution in [3.63, 3.8) is 0 Å². The molecule has 0 radical (unpaired) electrons.